The first-order chi connectivity index (χ1) is 6.16. The lowest BCUT2D eigenvalue weighted by Gasteiger charge is -2.28. The van der Waals surface area contributed by atoms with Gasteiger partial charge >= 0.3 is 5.97 Å². The molecule has 3 nitrogen and oxygen atoms in total. The first-order valence-corrected chi connectivity index (χ1v) is 4.95. The lowest BCUT2D eigenvalue weighted by molar-refractivity contribution is -0.153. The summed E-state index contributed by atoms with van der Waals surface area (Å²) in [5.41, 5.74) is 5.22. The number of carbonyl (C=O) groups is 1. The van der Waals surface area contributed by atoms with E-state index in [0.717, 1.165) is 25.7 Å². The minimum Gasteiger partial charge on any atom is -0.469 e. The van der Waals surface area contributed by atoms with E-state index in [1.54, 1.807) is 0 Å². The van der Waals surface area contributed by atoms with Crippen LogP contribution in [0.2, 0.25) is 0 Å². The summed E-state index contributed by atoms with van der Waals surface area (Å²) >= 11 is 0. The van der Waals surface area contributed by atoms with Crippen molar-refractivity contribution in [3.63, 3.8) is 0 Å². The normalized spacial score (nSPS) is 11.4. The van der Waals surface area contributed by atoms with Gasteiger partial charge in [0.15, 0.2) is 0 Å². The average Bonchev–Trinajstić information content (AvgIpc) is 2.16. The summed E-state index contributed by atoms with van der Waals surface area (Å²) in [5.74, 6) is -0.154. The Kier molecular flexibility index (Phi) is 5.71. The van der Waals surface area contributed by atoms with Gasteiger partial charge in [0.05, 0.1) is 12.5 Å². The van der Waals surface area contributed by atoms with Crippen molar-refractivity contribution in [1.29, 1.82) is 0 Å². The second kappa shape index (κ2) is 5.97. The molecule has 0 heterocycles. The van der Waals surface area contributed by atoms with Crippen molar-refractivity contribution in [1.82, 2.24) is 0 Å². The molecule has 0 fully saturated rings. The SMILES string of the molecule is CCCC(CN)(CCC)C(=O)OC. The highest BCUT2D eigenvalue weighted by Gasteiger charge is 2.36. The van der Waals surface area contributed by atoms with Crippen LogP contribution in [0.3, 0.4) is 0 Å². The predicted molar refractivity (Wildman–Crippen MR) is 53.3 cm³/mol. The van der Waals surface area contributed by atoms with Crippen molar-refractivity contribution in [3.05, 3.63) is 0 Å². The van der Waals surface area contributed by atoms with Gasteiger partial charge in [0, 0.05) is 6.54 Å². The Bertz CT molecular complexity index is 151. The summed E-state index contributed by atoms with van der Waals surface area (Å²) < 4.78 is 4.79. The van der Waals surface area contributed by atoms with Crippen molar-refractivity contribution in [2.45, 2.75) is 39.5 Å². The molecule has 0 saturated carbocycles. The molecule has 0 saturated heterocycles. The number of carbonyl (C=O) groups excluding carboxylic acids is 1. The zero-order valence-corrected chi connectivity index (χ0v) is 8.93. The van der Waals surface area contributed by atoms with Gasteiger partial charge in [-0.15, -0.1) is 0 Å². The molecule has 13 heavy (non-hydrogen) atoms. The Morgan fingerprint density at radius 1 is 1.31 bits per heavy atom. The van der Waals surface area contributed by atoms with Crippen molar-refractivity contribution in [2.24, 2.45) is 11.1 Å². The van der Waals surface area contributed by atoms with Crippen LogP contribution in [0, 0.1) is 5.41 Å². The van der Waals surface area contributed by atoms with E-state index < -0.39 is 5.41 Å². The third-order valence-electron chi connectivity index (χ3n) is 2.47. The summed E-state index contributed by atoms with van der Waals surface area (Å²) in [7, 11) is 1.43. The van der Waals surface area contributed by atoms with Crippen LogP contribution in [0.5, 0.6) is 0 Å². The Morgan fingerprint density at radius 2 is 1.77 bits per heavy atom. The Balaban J connectivity index is 4.52. The van der Waals surface area contributed by atoms with Gasteiger partial charge < -0.3 is 10.5 Å². The summed E-state index contributed by atoms with van der Waals surface area (Å²) in [5, 5.41) is 0. The number of hydrogen-bond acceptors (Lipinski definition) is 3. The van der Waals surface area contributed by atoms with Crippen molar-refractivity contribution in [2.75, 3.05) is 13.7 Å². The van der Waals surface area contributed by atoms with E-state index in [0.29, 0.717) is 6.54 Å². The fraction of sp³-hybridized carbons (Fsp3) is 0.900. The molecular weight excluding hydrogens is 166 g/mol. The number of esters is 1. The zero-order chi connectivity index (χ0) is 10.3. The lowest BCUT2D eigenvalue weighted by atomic mass is 9.79. The highest BCUT2D eigenvalue weighted by Crippen LogP contribution is 2.29. The molecule has 2 N–H and O–H groups in total. The quantitative estimate of drug-likeness (QED) is 0.644. The molecule has 3 heteroatoms. The van der Waals surface area contributed by atoms with Gasteiger partial charge in [-0.1, -0.05) is 26.7 Å². The molecule has 0 aromatic rings. The van der Waals surface area contributed by atoms with Crippen LogP contribution in [0.1, 0.15) is 39.5 Å². The summed E-state index contributed by atoms with van der Waals surface area (Å²) in [6.45, 7) is 4.51. The van der Waals surface area contributed by atoms with Gasteiger partial charge in [0.2, 0.25) is 0 Å². The lowest BCUT2D eigenvalue weighted by Crippen LogP contribution is -2.39. The van der Waals surface area contributed by atoms with E-state index in [9.17, 15) is 4.79 Å². The van der Waals surface area contributed by atoms with Gasteiger partial charge in [-0.05, 0) is 12.8 Å². The second-order valence-corrected chi connectivity index (χ2v) is 3.48. The Hall–Kier alpha value is -0.570. The molecule has 0 rings (SSSR count). The minimum atomic E-state index is -0.432. The number of nitrogens with two attached hydrogens (primary N) is 1. The second-order valence-electron chi connectivity index (χ2n) is 3.48. The number of hydrogen-bond donors (Lipinski definition) is 1. The Labute approximate surface area is 80.6 Å². The molecule has 0 aliphatic heterocycles. The fourth-order valence-electron chi connectivity index (χ4n) is 1.79. The van der Waals surface area contributed by atoms with Crippen LogP contribution in [-0.4, -0.2) is 19.6 Å². The first-order valence-electron chi connectivity index (χ1n) is 4.95. The largest absolute Gasteiger partial charge is 0.469 e. The minimum absolute atomic E-state index is 0.154. The maximum absolute atomic E-state index is 11.5. The zero-order valence-electron chi connectivity index (χ0n) is 8.93. The number of ether oxygens (including phenoxy) is 1. The number of rotatable bonds is 6. The molecule has 0 spiro atoms. The highest BCUT2D eigenvalue weighted by molar-refractivity contribution is 5.76. The van der Waals surface area contributed by atoms with Crippen LogP contribution < -0.4 is 5.73 Å². The molecule has 0 unspecified atom stereocenters. The van der Waals surface area contributed by atoms with Gasteiger partial charge in [-0.2, -0.15) is 0 Å². The average molecular weight is 187 g/mol. The third kappa shape index (κ3) is 2.99. The monoisotopic (exact) mass is 187 g/mol. The van der Waals surface area contributed by atoms with E-state index in [1.165, 1.54) is 7.11 Å². The van der Waals surface area contributed by atoms with E-state index >= 15 is 0 Å². The summed E-state index contributed by atoms with van der Waals surface area (Å²) in [6, 6.07) is 0. The van der Waals surface area contributed by atoms with E-state index in [2.05, 4.69) is 13.8 Å². The highest BCUT2D eigenvalue weighted by atomic mass is 16.5. The molecule has 0 aliphatic carbocycles. The molecule has 0 aliphatic rings. The van der Waals surface area contributed by atoms with Crippen molar-refractivity contribution < 1.29 is 9.53 Å². The molecule has 0 aromatic carbocycles. The summed E-state index contributed by atoms with van der Waals surface area (Å²) in [4.78, 5) is 11.5. The first kappa shape index (κ1) is 12.4. The van der Waals surface area contributed by atoms with Crippen LogP contribution in [-0.2, 0) is 9.53 Å². The van der Waals surface area contributed by atoms with Crippen LogP contribution in [0.4, 0.5) is 0 Å². The maximum Gasteiger partial charge on any atom is 0.313 e. The molecule has 0 radical (unpaired) electrons. The van der Waals surface area contributed by atoms with Gasteiger partial charge in [0.1, 0.15) is 0 Å². The molecule has 0 bridgehead atoms. The van der Waals surface area contributed by atoms with E-state index in [1.807, 2.05) is 0 Å². The van der Waals surface area contributed by atoms with E-state index in [-0.39, 0.29) is 5.97 Å². The summed E-state index contributed by atoms with van der Waals surface area (Å²) in [6.07, 6.45) is 3.58. The van der Waals surface area contributed by atoms with E-state index in [4.69, 9.17) is 10.5 Å². The van der Waals surface area contributed by atoms with Crippen LogP contribution >= 0.6 is 0 Å². The topological polar surface area (TPSA) is 52.3 Å². The third-order valence-corrected chi connectivity index (χ3v) is 2.47. The maximum atomic E-state index is 11.5. The van der Waals surface area contributed by atoms with Crippen LogP contribution in [0.15, 0.2) is 0 Å². The van der Waals surface area contributed by atoms with Crippen molar-refractivity contribution >= 4 is 5.97 Å². The number of methoxy groups -OCH3 is 1. The van der Waals surface area contributed by atoms with Gasteiger partial charge in [0.25, 0.3) is 0 Å². The predicted octanol–water partition coefficient (Wildman–Crippen LogP) is 1.70. The molecule has 0 aromatic heterocycles. The molecule has 78 valence electrons. The van der Waals surface area contributed by atoms with Gasteiger partial charge in [-0.3, -0.25) is 4.79 Å². The smallest absolute Gasteiger partial charge is 0.313 e. The van der Waals surface area contributed by atoms with Gasteiger partial charge in [-0.25, -0.2) is 0 Å². The molecular formula is C10H21NO2. The molecule has 0 amide bonds. The fourth-order valence-corrected chi connectivity index (χ4v) is 1.79. The Morgan fingerprint density at radius 3 is 2.00 bits per heavy atom. The standard InChI is InChI=1S/C10H21NO2/c1-4-6-10(8-11,7-5-2)9(12)13-3/h4-8,11H2,1-3H3. The molecule has 0 atom stereocenters. The van der Waals surface area contributed by atoms with Crippen LogP contribution in [0.25, 0.3) is 0 Å². The van der Waals surface area contributed by atoms with Crippen molar-refractivity contribution in [3.8, 4) is 0 Å².